The number of alkyl halides is 3. The number of guanidine groups is 1. The van der Waals surface area contributed by atoms with Crippen LogP contribution in [0.1, 0.15) is 26.3 Å². The molecule has 1 aromatic rings. The van der Waals surface area contributed by atoms with E-state index in [0.717, 1.165) is 13.1 Å². The summed E-state index contributed by atoms with van der Waals surface area (Å²) >= 11 is 0. The van der Waals surface area contributed by atoms with Crippen LogP contribution < -0.4 is 15.4 Å². The van der Waals surface area contributed by atoms with Crippen LogP contribution in [0.3, 0.4) is 0 Å². The lowest BCUT2D eigenvalue weighted by Crippen LogP contribution is -2.45. The number of likely N-dealkylation sites (N-methyl/N-ethyl adjacent to an activating group) is 1. The summed E-state index contributed by atoms with van der Waals surface area (Å²) in [7, 11) is 1.62. The lowest BCUT2D eigenvalue weighted by atomic mass is 10.2. The Bertz CT molecular complexity index is 551. The first-order valence-corrected chi connectivity index (χ1v) is 8.32. The van der Waals surface area contributed by atoms with Gasteiger partial charge in [0.05, 0.1) is 0 Å². The number of para-hydroxylation sites is 1. The number of nitrogens with zero attached hydrogens (tertiary/aromatic N) is 2. The topological polar surface area (TPSA) is 48.9 Å². The molecular formula is C17H28F3IN4O. The van der Waals surface area contributed by atoms with E-state index in [9.17, 15) is 13.2 Å². The molecule has 0 aliphatic carbocycles. The molecule has 1 atom stereocenters. The Kier molecular flexibility index (Phi) is 11.6. The van der Waals surface area contributed by atoms with E-state index < -0.39 is 6.36 Å². The van der Waals surface area contributed by atoms with Gasteiger partial charge in [-0.3, -0.25) is 9.89 Å². The molecule has 5 nitrogen and oxygen atoms in total. The molecule has 26 heavy (non-hydrogen) atoms. The molecule has 0 amide bonds. The minimum atomic E-state index is -4.71. The number of hydrogen-bond acceptors (Lipinski definition) is 3. The van der Waals surface area contributed by atoms with Gasteiger partial charge in [0.25, 0.3) is 0 Å². The molecule has 0 bridgehead atoms. The van der Waals surface area contributed by atoms with Crippen molar-refractivity contribution in [3.8, 4) is 5.75 Å². The minimum absolute atomic E-state index is 0. The van der Waals surface area contributed by atoms with Crippen LogP contribution in [0.25, 0.3) is 0 Å². The van der Waals surface area contributed by atoms with Gasteiger partial charge >= 0.3 is 6.36 Å². The summed E-state index contributed by atoms with van der Waals surface area (Å²) in [5.74, 6) is 0.315. The summed E-state index contributed by atoms with van der Waals surface area (Å²) in [4.78, 5) is 6.40. The molecule has 1 unspecified atom stereocenters. The first kappa shape index (κ1) is 24.8. The Labute approximate surface area is 170 Å². The van der Waals surface area contributed by atoms with Crippen molar-refractivity contribution in [3.05, 3.63) is 29.8 Å². The van der Waals surface area contributed by atoms with Crippen molar-refractivity contribution in [2.75, 3.05) is 26.7 Å². The summed E-state index contributed by atoms with van der Waals surface area (Å²) in [6.07, 6.45) is -4.71. The predicted octanol–water partition coefficient (Wildman–Crippen LogP) is 3.60. The molecule has 1 aromatic carbocycles. The zero-order valence-electron chi connectivity index (χ0n) is 15.6. The Morgan fingerprint density at radius 2 is 1.81 bits per heavy atom. The molecule has 0 fully saturated rings. The van der Waals surface area contributed by atoms with Gasteiger partial charge in [0.2, 0.25) is 0 Å². The summed E-state index contributed by atoms with van der Waals surface area (Å²) < 4.78 is 41.4. The van der Waals surface area contributed by atoms with E-state index in [4.69, 9.17) is 0 Å². The maximum atomic E-state index is 12.5. The van der Waals surface area contributed by atoms with Gasteiger partial charge in [-0.2, -0.15) is 0 Å². The molecule has 0 aliphatic rings. The molecule has 0 radical (unpaired) electrons. The quantitative estimate of drug-likeness (QED) is 0.334. The van der Waals surface area contributed by atoms with E-state index in [1.54, 1.807) is 19.2 Å². The summed E-state index contributed by atoms with van der Waals surface area (Å²) in [6.45, 7) is 9.07. The number of hydrogen-bond donors (Lipinski definition) is 2. The van der Waals surface area contributed by atoms with E-state index in [2.05, 4.69) is 46.0 Å². The van der Waals surface area contributed by atoms with Crippen molar-refractivity contribution < 1.29 is 17.9 Å². The van der Waals surface area contributed by atoms with Crippen LogP contribution in [0.4, 0.5) is 13.2 Å². The van der Waals surface area contributed by atoms with Crippen molar-refractivity contribution in [2.24, 2.45) is 4.99 Å². The third kappa shape index (κ3) is 8.93. The average molecular weight is 488 g/mol. The van der Waals surface area contributed by atoms with E-state index in [1.807, 2.05) is 0 Å². The van der Waals surface area contributed by atoms with Gasteiger partial charge in [-0.05, 0) is 26.1 Å². The highest BCUT2D eigenvalue weighted by atomic mass is 127. The van der Waals surface area contributed by atoms with E-state index in [1.165, 1.54) is 12.1 Å². The zero-order valence-corrected chi connectivity index (χ0v) is 17.9. The number of aliphatic imine (C=N–C) groups is 1. The highest BCUT2D eigenvalue weighted by Gasteiger charge is 2.31. The lowest BCUT2D eigenvalue weighted by Gasteiger charge is -2.27. The van der Waals surface area contributed by atoms with Gasteiger partial charge in [0.1, 0.15) is 5.75 Å². The van der Waals surface area contributed by atoms with Gasteiger partial charge in [-0.1, -0.05) is 32.0 Å². The molecule has 0 heterocycles. The molecule has 0 aliphatic heterocycles. The van der Waals surface area contributed by atoms with Gasteiger partial charge in [-0.25, -0.2) is 0 Å². The van der Waals surface area contributed by atoms with Crippen molar-refractivity contribution in [2.45, 2.75) is 39.7 Å². The molecule has 0 saturated heterocycles. The van der Waals surface area contributed by atoms with E-state index in [0.29, 0.717) is 24.1 Å². The highest BCUT2D eigenvalue weighted by Crippen LogP contribution is 2.25. The van der Waals surface area contributed by atoms with Gasteiger partial charge in [0.15, 0.2) is 5.96 Å². The zero-order chi connectivity index (χ0) is 18.9. The van der Waals surface area contributed by atoms with Gasteiger partial charge in [0, 0.05) is 31.7 Å². The molecule has 150 valence electrons. The second-order valence-corrected chi connectivity index (χ2v) is 5.53. The molecule has 0 saturated carbocycles. The second kappa shape index (κ2) is 12.2. The van der Waals surface area contributed by atoms with Crippen LogP contribution in [0, 0.1) is 0 Å². The third-order valence-corrected chi connectivity index (χ3v) is 3.87. The molecule has 0 aromatic heterocycles. The summed E-state index contributed by atoms with van der Waals surface area (Å²) in [6, 6.07) is 6.36. The Morgan fingerprint density at radius 1 is 1.19 bits per heavy atom. The first-order valence-electron chi connectivity index (χ1n) is 8.32. The fourth-order valence-electron chi connectivity index (χ4n) is 2.49. The number of halogens is 4. The fourth-order valence-corrected chi connectivity index (χ4v) is 2.49. The first-order chi connectivity index (χ1) is 11.8. The number of nitrogens with one attached hydrogen (secondary N) is 2. The number of benzene rings is 1. The molecule has 0 spiro atoms. The second-order valence-electron chi connectivity index (χ2n) is 5.53. The Morgan fingerprint density at radius 3 is 2.35 bits per heavy atom. The highest BCUT2D eigenvalue weighted by molar-refractivity contribution is 14.0. The SMILES string of the molecule is CCN(CC)C(C)CNC(=NC)NCc1ccccc1OC(F)(F)F.I. The standard InChI is InChI=1S/C17H27F3N4O.HI/c1-5-24(6-2)13(3)11-22-16(21-4)23-12-14-9-7-8-10-15(14)25-17(18,19)20;/h7-10,13H,5-6,11-12H2,1-4H3,(H2,21,22,23);1H. The smallest absolute Gasteiger partial charge is 0.405 e. The van der Waals surface area contributed by atoms with Crippen LogP contribution in [0.5, 0.6) is 5.75 Å². The molecular weight excluding hydrogens is 460 g/mol. The van der Waals surface area contributed by atoms with Gasteiger partial charge < -0.3 is 15.4 Å². The van der Waals surface area contributed by atoms with Crippen LogP contribution in [0.2, 0.25) is 0 Å². The maximum absolute atomic E-state index is 12.5. The average Bonchev–Trinajstić information content (AvgIpc) is 2.56. The molecule has 1 rings (SSSR count). The fraction of sp³-hybridized carbons (Fsp3) is 0.588. The van der Waals surface area contributed by atoms with E-state index in [-0.39, 0.29) is 36.3 Å². The minimum Gasteiger partial charge on any atom is -0.405 e. The third-order valence-electron chi connectivity index (χ3n) is 3.87. The van der Waals surface area contributed by atoms with Crippen LogP contribution in [-0.2, 0) is 6.54 Å². The Hall–Kier alpha value is -1.23. The van der Waals surface area contributed by atoms with Crippen molar-refractivity contribution in [1.82, 2.24) is 15.5 Å². The molecule has 2 N–H and O–H groups in total. The normalized spacial score (nSPS) is 13.2. The summed E-state index contributed by atoms with van der Waals surface area (Å²) in [5, 5.41) is 6.21. The van der Waals surface area contributed by atoms with Crippen LogP contribution >= 0.6 is 24.0 Å². The Balaban J connectivity index is 0.00000625. The van der Waals surface area contributed by atoms with Crippen molar-refractivity contribution >= 4 is 29.9 Å². The van der Waals surface area contributed by atoms with Crippen LogP contribution in [0.15, 0.2) is 29.3 Å². The number of ether oxygens (including phenoxy) is 1. The largest absolute Gasteiger partial charge is 0.573 e. The maximum Gasteiger partial charge on any atom is 0.573 e. The monoisotopic (exact) mass is 488 g/mol. The van der Waals surface area contributed by atoms with E-state index >= 15 is 0 Å². The van der Waals surface area contributed by atoms with Crippen molar-refractivity contribution in [1.29, 1.82) is 0 Å². The number of rotatable bonds is 8. The van der Waals surface area contributed by atoms with Crippen LogP contribution in [-0.4, -0.2) is 49.9 Å². The van der Waals surface area contributed by atoms with Gasteiger partial charge in [-0.15, -0.1) is 37.1 Å². The predicted molar refractivity (Wildman–Crippen MR) is 109 cm³/mol. The molecule has 9 heteroatoms. The van der Waals surface area contributed by atoms with Crippen molar-refractivity contribution in [3.63, 3.8) is 0 Å². The summed E-state index contributed by atoms with van der Waals surface area (Å²) in [5.41, 5.74) is 0.402. The lowest BCUT2D eigenvalue weighted by molar-refractivity contribution is -0.274.